The van der Waals surface area contributed by atoms with Gasteiger partial charge in [-0.2, -0.15) is 0 Å². The molecule has 22 heavy (non-hydrogen) atoms. The summed E-state index contributed by atoms with van der Waals surface area (Å²) in [6, 6.07) is 13.5. The van der Waals surface area contributed by atoms with Crippen LogP contribution in [0.1, 0.15) is 24.1 Å². The summed E-state index contributed by atoms with van der Waals surface area (Å²) in [6.45, 7) is 2.43. The SMILES string of the molecule is C[C@H](NC(=O)NCc1ccnc(N(C)C)c1)c1ccccc1. The van der Waals surface area contributed by atoms with Crippen LogP contribution < -0.4 is 15.5 Å². The number of amides is 2. The van der Waals surface area contributed by atoms with Crippen LogP contribution in [0.25, 0.3) is 0 Å². The Kier molecular flexibility index (Phi) is 5.36. The molecule has 5 nitrogen and oxygen atoms in total. The molecule has 0 radical (unpaired) electrons. The predicted octanol–water partition coefficient (Wildman–Crippen LogP) is 2.71. The lowest BCUT2D eigenvalue weighted by molar-refractivity contribution is 0.237. The second-order valence-electron chi connectivity index (χ2n) is 5.38. The Labute approximate surface area is 131 Å². The summed E-state index contributed by atoms with van der Waals surface area (Å²) in [5.74, 6) is 0.873. The van der Waals surface area contributed by atoms with Gasteiger partial charge in [0.2, 0.25) is 0 Å². The van der Waals surface area contributed by atoms with Crippen molar-refractivity contribution in [2.24, 2.45) is 0 Å². The average Bonchev–Trinajstić information content (AvgIpc) is 2.54. The zero-order valence-electron chi connectivity index (χ0n) is 13.2. The summed E-state index contributed by atoms with van der Waals surface area (Å²) < 4.78 is 0. The van der Waals surface area contributed by atoms with E-state index in [4.69, 9.17) is 0 Å². The number of benzene rings is 1. The quantitative estimate of drug-likeness (QED) is 0.892. The molecular weight excluding hydrogens is 276 g/mol. The molecule has 1 atom stereocenters. The van der Waals surface area contributed by atoms with Crippen molar-refractivity contribution in [2.75, 3.05) is 19.0 Å². The lowest BCUT2D eigenvalue weighted by Crippen LogP contribution is -2.36. The molecule has 0 aliphatic carbocycles. The summed E-state index contributed by atoms with van der Waals surface area (Å²) in [4.78, 5) is 18.2. The fourth-order valence-electron chi connectivity index (χ4n) is 2.07. The smallest absolute Gasteiger partial charge is 0.315 e. The highest BCUT2D eigenvalue weighted by Crippen LogP contribution is 2.11. The number of hydrogen-bond donors (Lipinski definition) is 2. The van der Waals surface area contributed by atoms with E-state index in [-0.39, 0.29) is 12.1 Å². The number of urea groups is 1. The van der Waals surface area contributed by atoms with Crippen molar-refractivity contribution in [3.8, 4) is 0 Å². The summed E-state index contributed by atoms with van der Waals surface area (Å²) in [5.41, 5.74) is 2.10. The first kappa shape index (κ1) is 15.8. The fourth-order valence-corrected chi connectivity index (χ4v) is 2.07. The van der Waals surface area contributed by atoms with Gasteiger partial charge in [-0.15, -0.1) is 0 Å². The minimum atomic E-state index is -0.181. The Morgan fingerprint density at radius 1 is 1.23 bits per heavy atom. The third-order valence-electron chi connectivity index (χ3n) is 3.37. The summed E-state index contributed by atoms with van der Waals surface area (Å²) in [5, 5.41) is 5.80. The van der Waals surface area contributed by atoms with Gasteiger partial charge in [0.05, 0.1) is 6.04 Å². The highest BCUT2D eigenvalue weighted by molar-refractivity contribution is 5.74. The Morgan fingerprint density at radius 3 is 2.64 bits per heavy atom. The lowest BCUT2D eigenvalue weighted by atomic mass is 10.1. The number of rotatable bonds is 5. The molecule has 0 saturated carbocycles. The normalized spacial score (nSPS) is 11.6. The van der Waals surface area contributed by atoms with Gasteiger partial charge >= 0.3 is 6.03 Å². The summed E-state index contributed by atoms with van der Waals surface area (Å²) >= 11 is 0. The van der Waals surface area contributed by atoms with E-state index < -0.39 is 0 Å². The fraction of sp³-hybridized carbons (Fsp3) is 0.294. The van der Waals surface area contributed by atoms with Crippen molar-refractivity contribution >= 4 is 11.8 Å². The Morgan fingerprint density at radius 2 is 1.95 bits per heavy atom. The van der Waals surface area contributed by atoms with Crippen LogP contribution in [0.15, 0.2) is 48.7 Å². The number of aromatic nitrogens is 1. The number of nitrogens with one attached hydrogen (secondary N) is 2. The number of nitrogens with zero attached hydrogens (tertiary/aromatic N) is 2. The van der Waals surface area contributed by atoms with Gasteiger partial charge in [0.15, 0.2) is 0 Å². The van der Waals surface area contributed by atoms with E-state index in [1.807, 2.05) is 68.4 Å². The van der Waals surface area contributed by atoms with Crippen LogP contribution in [0.5, 0.6) is 0 Å². The van der Waals surface area contributed by atoms with Crippen molar-refractivity contribution < 1.29 is 4.79 Å². The van der Waals surface area contributed by atoms with Gasteiger partial charge in [0.1, 0.15) is 5.82 Å². The first-order valence-corrected chi connectivity index (χ1v) is 7.28. The molecule has 2 amide bonds. The number of carbonyl (C=O) groups excluding carboxylic acids is 1. The topological polar surface area (TPSA) is 57.3 Å². The van der Waals surface area contributed by atoms with Crippen molar-refractivity contribution in [3.63, 3.8) is 0 Å². The van der Waals surface area contributed by atoms with Crippen LogP contribution in [0.2, 0.25) is 0 Å². The monoisotopic (exact) mass is 298 g/mol. The van der Waals surface area contributed by atoms with Crippen LogP contribution in [0.4, 0.5) is 10.6 Å². The molecule has 0 fully saturated rings. The third-order valence-corrected chi connectivity index (χ3v) is 3.37. The van der Waals surface area contributed by atoms with Crippen LogP contribution in [0.3, 0.4) is 0 Å². The Balaban J connectivity index is 1.86. The third kappa shape index (κ3) is 4.48. The molecule has 2 N–H and O–H groups in total. The van der Waals surface area contributed by atoms with Crippen LogP contribution >= 0.6 is 0 Å². The molecule has 0 aliphatic rings. The average molecular weight is 298 g/mol. The molecule has 1 aromatic heterocycles. The van der Waals surface area contributed by atoms with E-state index in [2.05, 4.69) is 15.6 Å². The van der Waals surface area contributed by atoms with Gasteiger partial charge in [-0.1, -0.05) is 30.3 Å². The van der Waals surface area contributed by atoms with Gasteiger partial charge in [-0.3, -0.25) is 0 Å². The molecular formula is C17H22N4O. The molecule has 0 spiro atoms. The molecule has 1 aromatic carbocycles. The predicted molar refractivity (Wildman–Crippen MR) is 88.8 cm³/mol. The second kappa shape index (κ2) is 7.45. The largest absolute Gasteiger partial charge is 0.363 e. The van der Waals surface area contributed by atoms with Crippen LogP contribution in [-0.4, -0.2) is 25.1 Å². The summed E-state index contributed by atoms with van der Waals surface area (Å²) in [7, 11) is 3.88. The molecule has 0 saturated heterocycles. The molecule has 116 valence electrons. The number of anilines is 1. The standard InChI is InChI=1S/C17H22N4O/c1-13(15-7-5-4-6-8-15)20-17(22)19-12-14-9-10-18-16(11-14)21(2)3/h4-11,13H,12H2,1-3H3,(H2,19,20,22)/t13-/m0/s1. The molecule has 0 bridgehead atoms. The number of carbonyl (C=O) groups is 1. The maximum absolute atomic E-state index is 12.0. The van der Waals surface area contributed by atoms with Gasteiger partial charge in [0, 0.05) is 26.8 Å². The molecule has 0 unspecified atom stereocenters. The van der Waals surface area contributed by atoms with E-state index in [0.29, 0.717) is 6.54 Å². The molecule has 0 aliphatic heterocycles. The lowest BCUT2D eigenvalue weighted by Gasteiger charge is -2.16. The van der Waals surface area contributed by atoms with Crippen LogP contribution in [-0.2, 0) is 6.54 Å². The highest BCUT2D eigenvalue weighted by atomic mass is 16.2. The van der Waals surface area contributed by atoms with Crippen LogP contribution in [0, 0.1) is 0 Å². The minimum absolute atomic E-state index is 0.0315. The molecule has 2 aromatic rings. The molecule has 5 heteroatoms. The van der Waals surface area contributed by atoms with Gasteiger partial charge in [-0.25, -0.2) is 9.78 Å². The van der Waals surface area contributed by atoms with Gasteiger partial charge in [-0.05, 0) is 30.2 Å². The Bertz CT molecular complexity index is 613. The first-order chi connectivity index (χ1) is 10.6. The van der Waals surface area contributed by atoms with Gasteiger partial charge < -0.3 is 15.5 Å². The maximum atomic E-state index is 12.0. The molecule has 1 heterocycles. The zero-order valence-corrected chi connectivity index (χ0v) is 13.2. The van der Waals surface area contributed by atoms with Crippen molar-refractivity contribution in [1.29, 1.82) is 0 Å². The number of pyridine rings is 1. The van der Waals surface area contributed by atoms with Crippen molar-refractivity contribution in [1.82, 2.24) is 15.6 Å². The Hall–Kier alpha value is -2.56. The van der Waals surface area contributed by atoms with Crippen molar-refractivity contribution in [2.45, 2.75) is 19.5 Å². The summed E-state index contributed by atoms with van der Waals surface area (Å²) in [6.07, 6.45) is 1.75. The first-order valence-electron chi connectivity index (χ1n) is 7.28. The van der Waals surface area contributed by atoms with E-state index in [1.165, 1.54) is 0 Å². The van der Waals surface area contributed by atoms with Crippen molar-refractivity contribution in [3.05, 3.63) is 59.8 Å². The van der Waals surface area contributed by atoms with E-state index in [1.54, 1.807) is 6.20 Å². The van der Waals surface area contributed by atoms with E-state index in [9.17, 15) is 4.79 Å². The highest BCUT2D eigenvalue weighted by Gasteiger charge is 2.08. The zero-order chi connectivity index (χ0) is 15.9. The van der Waals surface area contributed by atoms with E-state index >= 15 is 0 Å². The minimum Gasteiger partial charge on any atom is -0.363 e. The molecule has 2 rings (SSSR count). The number of hydrogen-bond acceptors (Lipinski definition) is 3. The van der Waals surface area contributed by atoms with Gasteiger partial charge in [0.25, 0.3) is 0 Å². The maximum Gasteiger partial charge on any atom is 0.315 e. The second-order valence-corrected chi connectivity index (χ2v) is 5.38. The van der Waals surface area contributed by atoms with E-state index in [0.717, 1.165) is 16.9 Å².